The van der Waals surface area contributed by atoms with E-state index in [0.29, 0.717) is 10.7 Å². The van der Waals surface area contributed by atoms with E-state index in [1.54, 1.807) is 10.9 Å². The van der Waals surface area contributed by atoms with Crippen molar-refractivity contribution in [1.82, 2.24) is 15.1 Å². The zero-order valence-corrected chi connectivity index (χ0v) is 11.0. The summed E-state index contributed by atoms with van der Waals surface area (Å²) in [6.07, 6.45) is 3.34. The van der Waals surface area contributed by atoms with Crippen LogP contribution in [0.2, 0.25) is 5.02 Å². The minimum absolute atomic E-state index is 0.0861. The second-order valence-corrected chi connectivity index (χ2v) is 5.18. The first-order valence-corrected chi connectivity index (χ1v) is 6.47. The van der Waals surface area contributed by atoms with Gasteiger partial charge >= 0.3 is 0 Å². The van der Waals surface area contributed by atoms with Gasteiger partial charge in [0.05, 0.1) is 11.2 Å². The largest absolute Gasteiger partial charge is 0.317 e. The van der Waals surface area contributed by atoms with Gasteiger partial charge in [0, 0.05) is 12.0 Å². The Morgan fingerprint density at radius 3 is 2.76 bits per heavy atom. The lowest BCUT2D eigenvalue weighted by molar-refractivity contribution is 0.0882. The molecule has 1 N–H and O–H groups in total. The molecule has 0 saturated carbocycles. The van der Waals surface area contributed by atoms with Crippen molar-refractivity contribution in [2.45, 2.75) is 32.7 Å². The first-order chi connectivity index (χ1) is 8.11. The van der Waals surface area contributed by atoms with Crippen molar-refractivity contribution in [2.75, 3.05) is 13.1 Å². The van der Waals surface area contributed by atoms with Crippen LogP contribution in [-0.4, -0.2) is 28.7 Å². The molecule has 0 radical (unpaired) electrons. The van der Waals surface area contributed by atoms with Crippen molar-refractivity contribution < 1.29 is 4.79 Å². The van der Waals surface area contributed by atoms with Gasteiger partial charge in [-0.15, -0.1) is 0 Å². The smallest absolute Gasteiger partial charge is 0.185 e. The zero-order valence-electron chi connectivity index (χ0n) is 10.2. The highest BCUT2D eigenvalue weighted by Gasteiger charge is 2.27. The third-order valence-corrected chi connectivity index (χ3v) is 3.46. The van der Waals surface area contributed by atoms with Crippen LogP contribution in [0, 0.1) is 5.92 Å². The second-order valence-electron chi connectivity index (χ2n) is 4.77. The summed E-state index contributed by atoms with van der Waals surface area (Å²) in [5, 5.41) is 7.91. The molecule has 17 heavy (non-hydrogen) atoms. The molecule has 1 aromatic rings. The average molecular weight is 256 g/mol. The van der Waals surface area contributed by atoms with Crippen LogP contribution < -0.4 is 5.32 Å². The Hall–Kier alpha value is -0.870. The van der Waals surface area contributed by atoms with Gasteiger partial charge in [0.25, 0.3) is 0 Å². The number of aromatic nitrogens is 2. The van der Waals surface area contributed by atoms with Crippen LogP contribution in [0.25, 0.3) is 0 Å². The van der Waals surface area contributed by atoms with E-state index in [0.717, 1.165) is 25.9 Å². The fraction of sp³-hybridized carbons (Fsp3) is 0.667. The molecule has 1 aliphatic heterocycles. The summed E-state index contributed by atoms with van der Waals surface area (Å²) in [5.41, 5.74) is 0.577. The van der Waals surface area contributed by atoms with Gasteiger partial charge in [0.15, 0.2) is 5.78 Å². The van der Waals surface area contributed by atoms with Gasteiger partial charge in [0.1, 0.15) is 5.69 Å². The summed E-state index contributed by atoms with van der Waals surface area (Å²) in [5.74, 6) is 0.227. The number of rotatable bonds is 3. The van der Waals surface area contributed by atoms with Crippen LogP contribution in [0.4, 0.5) is 0 Å². The number of hydrogen-bond donors (Lipinski definition) is 1. The maximum atomic E-state index is 12.4. The van der Waals surface area contributed by atoms with Gasteiger partial charge in [0.2, 0.25) is 0 Å². The number of ketones is 1. The van der Waals surface area contributed by atoms with E-state index in [1.807, 2.05) is 13.8 Å². The highest BCUT2D eigenvalue weighted by atomic mass is 35.5. The van der Waals surface area contributed by atoms with Crippen molar-refractivity contribution in [3.8, 4) is 0 Å². The molecule has 0 aliphatic carbocycles. The van der Waals surface area contributed by atoms with Gasteiger partial charge in [-0.05, 0) is 39.8 Å². The SMILES string of the molecule is CC(C)n1ncc(Cl)c1C(=O)C1CCNCC1. The van der Waals surface area contributed by atoms with Crippen LogP contribution in [0.3, 0.4) is 0 Å². The molecule has 0 aromatic carbocycles. The maximum absolute atomic E-state index is 12.4. The number of hydrogen-bond acceptors (Lipinski definition) is 3. The molecule has 94 valence electrons. The summed E-state index contributed by atoms with van der Waals surface area (Å²) >= 11 is 6.08. The quantitative estimate of drug-likeness (QED) is 0.843. The van der Waals surface area contributed by atoms with Gasteiger partial charge in [-0.3, -0.25) is 9.48 Å². The third kappa shape index (κ3) is 2.53. The third-order valence-electron chi connectivity index (χ3n) is 3.18. The average Bonchev–Trinajstić information content (AvgIpc) is 2.71. The summed E-state index contributed by atoms with van der Waals surface area (Å²) in [6.45, 7) is 5.82. The molecular weight excluding hydrogens is 238 g/mol. The normalized spacial score (nSPS) is 17.6. The van der Waals surface area contributed by atoms with Gasteiger partial charge in [-0.2, -0.15) is 5.10 Å². The molecule has 1 aliphatic rings. The van der Waals surface area contributed by atoms with E-state index in [2.05, 4.69) is 10.4 Å². The number of carbonyl (C=O) groups is 1. The second kappa shape index (κ2) is 5.19. The molecule has 0 spiro atoms. The van der Waals surface area contributed by atoms with Crippen molar-refractivity contribution in [1.29, 1.82) is 0 Å². The number of nitrogens with zero attached hydrogens (tertiary/aromatic N) is 2. The Bertz CT molecular complexity index is 408. The standard InChI is InChI=1S/C12H18ClN3O/c1-8(2)16-11(10(13)7-15-16)12(17)9-3-5-14-6-4-9/h7-9,14H,3-6H2,1-2H3. The van der Waals surface area contributed by atoms with Crippen molar-refractivity contribution in [2.24, 2.45) is 5.92 Å². The molecule has 1 saturated heterocycles. The van der Waals surface area contributed by atoms with E-state index in [-0.39, 0.29) is 17.7 Å². The molecule has 0 unspecified atom stereocenters. The fourth-order valence-corrected chi connectivity index (χ4v) is 2.46. The summed E-state index contributed by atoms with van der Waals surface area (Å²) in [7, 11) is 0. The number of carbonyl (C=O) groups excluding carboxylic acids is 1. The molecule has 0 atom stereocenters. The van der Waals surface area contributed by atoms with Gasteiger partial charge in [-0.25, -0.2) is 0 Å². The lowest BCUT2D eigenvalue weighted by atomic mass is 9.92. The first-order valence-electron chi connectivity index (χ1n) is 6.09. The Balaban J connectivity index is 2.26. The number of Topliss-reactive ketones (excluding diaryl/α,β-unsaturated/α-hetero) is 1. The minimum Gasteiger partial charge on any atom is -0.317 e. The van der Waals surface area contributed by atoms with Crippen molar-refractivity contribution >= 4 is 17.4 Å². The van der Waals surface area contributed by atoms with Crippen LogP contribution in [0.15, 0.2) is 6.20 Å². The number of piperidine rings is 1. The molecule has 2 heterocycles. The highest BCUT2D eigenvalue weighted by Crippen LogP contribution is 2.25. The Labute approximate surface area is 106 Å². The summed E-state index contributed by atoms with van der Waals surface area (Å²) in [6, 6.07) is 0.156. The van der Waals surface area contributed by atoms with Crippen LogP contribution >= 0.6 is 11.6 Å². The Morgan fingerprint density at radius 1 is 1.53 bits per heavy atom. The number of halogens is 1. The molecule has 1 fully saturated rings. The predicted molar refractivity (Wildman–Crippen MR) is 67.5 cm³/mol. The predicted octanol–water partition coefficient (Wildman–Crippen LogP) is 2.30. The molecule has 1 aromatic heterocycles. The van der Waals surface area contributed by atoms with Crippen molar-refractivity contribution in [3.63, 3.8) is 0 Å². The minimum atomic E-state index is 0.0861. The monoisotopic (exact) mass is 255 g/mol. The molecule has 4 nitrogen and oxygen atoms in total. The molecule has 2 rings (SSSR count). The van der Waals surface area contributed by atoms with Gasteiger partial charge in [-0.1, -0.05) is 11.6 Å². The van der Waals surface area contributed by atoms with E-state index in [4.69, 9.17) is 11.6 Å². The molecular formula is C12H18ClN3O. The van der Waals surface area contributed by atoms with Crippen LogP contribution in [-0.2, 0) is 0 Å². The van der Waals surface area contributed by atoms with Crippen molar-refractivity contribution in [3.05, 3.63) is 16.9 Å². The van der Waals surface area contributed by atoms with E-state index < -0.39 is 0 Å². The van der Waals surface area contributed by atoms with Crippen LogP contribution in [0.5, 0.6) is 0 Å². The topological polar surface area (TPSA) is 46.9 Å². The Morgan fingerprint density at radius 2 is 2.18 bits per heavy atom. The van der Waals surface area contributed by atoms with E-state index in [9.17, 15) is 4.79 Å². The molecule has 5 heteroatoms. The molecule has 0 amide bonds. The summed E-state index contributed by atoms with van der Waals surface area (Å²) in [4.78, 5) is 12.4. The lowest BCUT2D eigenvalue weighted by Gasteiger charge is -2.22. The van der Waals surface area contributed by atoms with Crippen LogP contribution in [0.1, 0.15) is 43.2 Å². The lowest BCUT2D eigenvalue weighted by Crippen LogP contribution is -2.33. The zero-order chi connectivity index (χ0) is 12.4. The van der Waals surface area contributed by atoms with E-state index in [1.165, 1.54) is 0 Å². The Kier molecular flexibility index (Phi) is 3.84. The summed E-state index contributed by atoms with van der Waals surface area (Å²) < 4.78 is 1.73. The fourth-order valence-electron chi connectivity index (χ4n) is 2.24. The first kappa shape index (κ1) is 12.6. The van der Waals surface area contributed by atoms with E-state index >= 15 is 0 Å². The molecule has 0 bridgehead atoms. The maximum Gasteiger partial charge on any atom is 0.185 e. The van der Waals surface area contributed by atoms with Gasteiger partial charge < -0.3 is 5.32 Å². The highest BCUT2D eigenvalue weighted by molar-refractivity contribution is 6.33. The number of nitrogens with one attached hydrogen (secondary N) is 1.